The van der Waals surface area contributed by atoms with Crippen LogP contribution >= 0.6 is 27.3 Å². The van der Waals surface area contributed by atoms with Gasteiger partial charge in [-0.1, -0.05) is 6.92 Å². The predicted molar refractivity (Wildman–Crippen MR) is 77.2 cm³/mol. The van der Waals surface area contributed by atoms with Gasteiger partial charge in [0.05, 0.1) is 0 Å². The number of halogens is 1. The lowest BCUT2D eigenvalue weighted by Crippen LogP contribution is -2.51. The number of rotatable bonds is 3. The highest BCUT2D eigenvalue weighted by molar-refractivity contribution is 9.10. The fourth-order valence-electron chi connectivity index (χ4n) is 2.43. The standard InChI is InChI=1S/C11H17BrN2O2S2/c1-8-3-2-5-14(10(8)7-13)18(15,16)11-9(12)4-6-17-11/h4,6,8,10H,2-3,5,7,13H2,1H3/t8-,10-/m0/s1. The summed E-state index contributed by atoms with van der Waals surface area (Å²) >= 11 is 4.55. The SMILES string of the molecule is C[C@H]1CCCN(S(=O)(=O)c2sccc2Br)[C@H]1CN. The van der Waals surface area contributed by atoms with Crippen LogP contribution < -0.4 is 5.73 Å². The summed E-state index contributed by atoms with van der Waals surface area (Å²) in [5.41, 5.74) is 5.76. The highest BCUT2D eigenvalue weighted by Gasteiger charge is 2.37. The van der Waals surface area contributed by atoms with Crippen LogP contribution in [0.3, 0.4) is 0 Å². The van der Waals surface area contributed by atoms with Gasteiger partial charge in [-0.2, -0.15) is 4.31 Å². The van der Waals surface area contributed by atoms with E-state index in [1.165, 1.54) is 11.3 Å². The van der Waals surface area contributed by atoms with E-state index in [1.807, 2.05) is 0 Å². The number of nitrogens with two attached hydrogens (primary N) is 1. The molecule has 0 aromatic carbocycles. The third-order valence-corrected chi connectivity index (χ3v) is 8.01. The van der Waals surface area contributed by atoms with E-state index >= 15 is 0 Å². The van der Waals surface area contributed by atoms with Crippen LogP contribution in [-0.2, 0) is 10.0 Å². The topological polar surface area (TPSA) is 63.4 Å². The van der Waals surface area contributed by atoms with Crippen molar-refractivity contribution in [3.05, 3.63) is 15.9 Å². The third kappa shape index (κ3) is 2.51. The predicted octanol–water partition coefficient (Wildman–Crippen LogP) is 2.26. The quantitative estimate of drug-likeness (QED) is 0.907. The second kappa shape index (κ2) is 5.58. The molecule has 0 bridgehead atoms. The largest absolute Gasteiger partial charge is 0.329 e. The van der Waals surface area contributed by atoms with Gasteiger partial charge in [-0.15, -0.1) is 11.3 Å². The first-order valence-electron chi connectivity index (χ1n) is 5.93. The van der Waals surface area contributed by atoms with Crippen molar-refractivity contribution in [2.45, 2.75) is 30.0 Å². The lowest BCUT2D eigenvalue weighted by molar-refractivity contribution is 0.193. The number of hydrogen-bond acceptors (Lipinski definition) is 4. The number of sulfonamides is 1. The van der Waals surface area contributed by atoms with E-state index in [1.54, 1.807) is 15.8 Å². The Kier molecular flexibility index (Phi) is 4.48. The van der Waals surface area contributed by atoms with E-state index in [0.29, 0.717) is 27.7 Å². The smallest absolute Gasteiger partial charge is 0.254 e. The molecule has 1 fully saturated rings. The molecule has 18 heavy (non-hydrogen) atoms. The maximum absolute atomic E-state index is 12.6. The normalized spacial score (nSPS) is 26.4. The molecular formula is C11H17BrN2O2S2. The summed E-state index contributed by atoms with van der Waals surface area (Å²) in [7, 11) is -3.42. The molecule has 0 unspecified atom stereocenters. The molecule has 2 N–H and O–H groups in total. The molecule has 7 heteroatoms. The molecule has 0 aliphatic carbocycles. The molecule has 102 valence electrons. The van der Waals surface area contributed by atoms with Crippen molar-refractivity contribution in [1.82, 2.24) is 4.31 Å². The Morgan fingerprint density at radius 2 is 2.33 bits per heavy atom. The van der Waals surface area contributed by atoms with Crippen molar-refractivity contribution >= 4 is 37.3 Å². The van der Waals surface area contributed by atoms with E-state index in [2.05, 4.69) is 22.9 Å². The van der Waals surface area contributed by atoms with E-state index in [9.17, 15) is 8.42 Å². The Morgan fingerprint density at radius 3 is 2.89 bits per heavy atom. The molecular weight excluding hydrogens is 336 g/mol. The second-order valence-electron chi connectivity index (χ2n) is 4.59. The number of thiophene rings is 1. The van der Waals surface area contributed by atoms with Gasteiger partial charge in [-0.05, 0) is 46.1 Å². The first-order valence-corrected chi connectivity index (χ1v) is 9.04. The van der Waals surface area contributed by atoms with Gasteiger partial charge >= 0.3 is 0 Å². The van der Waals surface area contributed by atoms with Crippen LogP contribution in [0.2, 0.25) is 0 Å². The van der Waals surface area contributed by atoms with Crippen molar-refractivity contribution in [3.8, 4) is 0 Å². The van der Waals surface area contributed by atoms with Gasteiger partial charge in [0.2, 0.25) is 0 Å². The van der Waals surface area contributed by atoms with Crippen molar-refractivity contribution < 1.29 is 8.42 Å². The first kappa shape index (κ1) is 14.5. The fraction of sp³-hybridized carbons (Fsp3) is 0.636. The van der Waals surface area contributed by atoms with Gasteiger partial charge in [0.1, 0.15) is 4.21 Å². The van der Waals surface area contributed by atoms with E-state index < -0.39 is 10.0 Å². The lowest BCUT2D eigenvalue weighted by atomic mass is 9.93. The van der Waals surface area contributed by atoms with Crippen LogP contribution in [0.25, 0.3) is 0 Å². The number of piperidine rings is 1. The second-order valence-corrected chi connectivity index (χ2v) is 8.45. The zero-order chi connectivity index (χ0) is 13.3. The van der Waals surface area contributed by atoms with Crippen molar-refractivity contribution in [2.24, 2.45) is 11.7 Å². The molecule has 2 atom stereocenters. The molecule has 1 saturated heterocycles. The average Bonchev–Trinajstić information content (AvgIpc) is 2.75. The molecule has 4 nitrogen and oxygen atoms in total. The molecule has 2 rings (SSSR count). The van der Waals surface area contributed by atoms with Gasteiger partial charge in [0, 0.05) is 23.6 Å². The van der Waals surface area contributed by atoms with Crippen LogP contribution in [-0.4, -0.2) is 31.9 Å². The Balaban J connectivity index is 2.37. The van der Waals surface area contributed by atoms with Gasteiger partial charge < -0.3 is 5.73 Å². The molecule has 1 aromatic heterocycles. The maximum Gasteiger partial charge on any atom is 0.254 e. The molecule has 1 aliphatic rings. The number of hydrogen-bond donors (Lipinski definition) is 1. The van der Waals surface area contributed by atoms with Crippen LogP contribution in [0.5, 0.6) is 0 Å². The van der Waals surface area contributed by atoms with Crippen LogP contribution in [0.1, 0.15) is 19.8 Å². The highest BCUT2D eigenvalue weighted by Crippen LogP contribution is 2.34. The van der Waals surface area contributed by atoms with E-state index in [0.717, 1.165) is 12.8 Å². The van der Waals surface area contributed by atoms with Gasteiger partial charge in [0.25, 0.3) is 10.0 Å². The summed E-state index contributed by atoms with van der Waals surface area (Å²) in [6, 6.07) is 1.68. The molecule has 0 radical (unpaired) electrons. The molecule has 2 heterocycles. The zero-order valence-electron chi connectivity index (χ0n) is 10.2. The highest BCUT2D eigenvalue weighted by atomic mass is 79.9. The van der Waals surface area contributed by atoms with E-state index in [-0.39, 0.29) is 6.04 Å². The van der Waals surface area contributed by atoms with Gasteiger partial charge in [0.15, 0.2) is 0 Å². The monoisotopic (exact) mass is 352 g/mol. The first-order chi connectivity index (χ1) is 8.48. The molecule has 1 aliphatic heterocycles. The zero-order valence-corrected chi connectivity index (χ0v) is 13.4. The molecule has 1 aromatic rings. The van der Waals surface area contributed by atoms with Gasteiger partial charge in [-0.25, -0.2) is 8.42 Å². The summed E-state index contributed by atoms with van der Waals surface area (Å²) in [5.74, 6) is 0.317. The summed E-state index contributed by atoms with van der Waals surface area (Å²) in [4.78, 5) is 0. The molecule has 0 amide bonds. The Hall–Kier alpha value is 0.0500. The van der Waals surface area contributed by atoms with E-state index in [4.69, 9.17) is 5.73 Å². The molecule has 0 saturated carbocycles. The fourth-order valence-corrected chi connectivity index (χ4v) is 6.63. The molecule has 0 spiro atoms. The summed E-state index contributed by atoms with van der Waals surface area (Å²) in [6.07, 6.45) is 1.94. The van der Waals surface area contributed by atoms with Crippen LogP contribution in [0.15, 0.2) is 20.1 Å². The third-order valence-electron chi connectivity index (χ3n) is 3.43. The van der Waals surface area contributed by atoms with Crippen molar-refractivity contribution in [2.75, 3.05) is 13.1 Å². The lowest BCUT2D eigenvalue weighted by Gasteiger charge is -2.38. The van der Waals surface area contributed by atoms with Gasteiger partial charge in [-0.3, -0.25) is 0 Å². The Morgan fingerprint density at radius 1 is 1.61 bits per heavy atom. The van der Waals surface area contributed by atoms with Crippen molar-refractivity contribution in [1.29, 1.82) is 0 Å². The summed E-state index contributed by atoms with van der Waals surface area (Å²) < 4.78 is 27.9. The Bertz CT molecular complexity index is 515. The minimum atomic E-state index is -3.42. The Labute approximate surface area is 120 Å². The van der Waals surface area contributed by atoms with Crippen LogP contribution in [0, 0.1) is 5.92 Å². The minimum Gasteiger partial charge on any atom is -0.329 e. The number of nitrogens with zero attached hydrogens (tertiary/aromatic N) is 1. The summed E-state index contributed by atoms with van der Waals surface area (Å²) in [6.45, 7) is 3.02. The van der Waals surface area contributed by atoms with Crippen molar-refractivity contribution in [3.63, 3.8) is 0 Å². The average molecular weight is 353 g/mol. The van der Waals surface area contributed by atoms with Crippen LogP contribution in [0.4, 0.5) is 0 Å². The summed E-state index contributed by atoms with van der Waals surface area (Å²) in [5, 5.41) is 1.78. The maximum atomic E-state index is 12.6. The minimum absolute atomic E-state index is 0.0854.